The topological polar surface area (TPSA) is 57.8 Å². The van der Waals surface area contributed by atoms with Gasteiger partial charge in [0.15, 0.2) is 0 Å². The number of H-pyrrole nitrogens is 1. The molecule has 0 atom stereocenters. The second-order valence-electron chi connectivity index (χ2n) is 5.23. The van der Waals surface area contributed by atoms with E-state index in [1.807, 2.05) is 13.8 Å². The zero-order valence-electron chi connectivity index (χ0n) is 12.5. The van der Waals surface area contributed by atoms with Crippen molar-refractivity contribution in [2.45, 2.75) is 72.1 Å². The summed E-state index contributed by atoms with van der Waals surface area (Å²) in [4.78, 5) is 11.8. The minimum Gasteiger partial charge on any atom is -0.323 e. The second-order valence-corrected chi connectivity index (χ2v) is 5.23. The lowest BCUT2D eigenvalue weighted by molar-refractivity contribution is -0.116. The van der Waals surface area contributed by atoms with Gasteiger partial charge in [-0.15, -0.1) is 0 Å². The Morgan fingerprint density at radius 3 is 2.32 bits per heavy atom. The third-order valence-electron chi connectivity index (χ3n) is 3.40. The van der Waals surface area contributed by atoms with Gasteiger partial charge in [0.2, 0.25) is 5.91 Å². The molecule has 2 N–H and O–H groups in total. The molecule has 1 rings (SSSR count). The quantitative estimate of drug-likeness (QED) is 0.660. The molecule has 0 saturated heterocycles. The Labute approximate surface area is 116 Å². The monoisotopic (exact) mass is 265 g/mol. The lowest BCUT2D eigenvalue weighted by Gasteiger charge is -2.05. The SMILES string of the molecule is CCCCCCCCCC(=O)Nc1c(C)n[nH]c1C. The van der Waals surface area contributed by atoms with E-state index in [1.165, 1.54) is 32.1 Å². The Bertz CT molecular complexity index is 365. The summed E-state index contributed by atoms with van der Waals surface area (Å²) >= 11 is 0. The standard InChI is InChI=1S/C15H27N3O/c1-4-5-6-7-8-9-10-11-14(19)16-15-12(2)17-18-13(15)3/h4-11H2,1-3H3,(H,16,19)(H,17,18). The van der Waals surface area contributed by atoms with E-state index in [0.717, 1.165) is 29.9 Å². The van der Waals surface area contributed by atoms with E-state index in [1.54, 1.807) is 0 Å². The van der Waals surface area contributed by atoms with Crippen molar-refractivity contribution in [3.63, 3.8) is 0 Å². The summed E-state index contributed by atoms with van der Waals surface area (Å²) in [5, 5.41) is 9.88. The van der Waals surface area contributed by atoms with Crippen molar-refractivity contribution < 1.29 is 4.79 Å². The van der Waals surface area contributed by atoms with E-state index in [0.29, 0.717) is 6.42 Å². The highest BCUT2D eigenvalue weighted by Gasteiger charge is 2.09. The van der Waals surface area contributed by atoms with Crippen molar-refractivity contribution in [1.82, 2.24) is 10.2 Å². The maximum Gasteiger partial charge on any atom is 0.224 e. The van der Waals surface area contributed by atoms with Crippen LogP contribution < -0.4 is 5.32 Å². The van der Waals surface area contributed by atoms with Crippen molar-refractivity contribution >= 4 is 11.6 Å². The lowest BCUT2D eigenvalue weighted by Crippen LogP contribution is -2.12. The molecule has 108 valence electrons. The summed E-state index contributed by atoms with van der Waals surface area (Å²) in [6, 6.07) is 0. The van der Waals surface area contributed by atoms with Crippen LogP contribution in [0.4, 0.5) is 5.69 Å². The number of amides is 1. The van der Waals surface area contributed by atoms with Crippen LogP contribution in [0.15, 0.2) is 0 Å². The van der Waals surface area contributed by atoms with Gasteiger partial charge in [0.1, 0.15) is 0 Å². The van der Waals surface area contributed by atoms with Crippen LogP contribution in [0.25, 0.3) is 0 Å². The van der Waals surface area contributed by atoms with E-state index in [4.69, 9.17) is 0 Å². The number of hydrogen-bond acceptors (Lipinski definition) is 2. The van der Waals surface area contributed by atoms with Gasteiger partial charge < -0.3 is 5.32 Å². The van der Waals surface area contributed by atoms with E-state index >= 15 is 0 Å². The van der Waals surface area contributed by atoms with E-state index in [-0.39, 0.29) is 5.91 Å². The smallest absolute Gasteiger partial charge is 0.224 e. The highest BCUT2D eigenvalue weighted by Crippen LogP contribution is 2.16. The number of nitrogens with zero attached hydrogens (tertiary/aromatic N) is 1. The number of unbranched alkanes of at least 4 members (excludes halogenated alkanes) is 6. The predicted molar refractivity (Wildman–Crippen MR) is 79.3 cm³/mol. The summed E-state index contributed by atoms with van der Waals surface area (Å²) in [5.74, 6) is 0.0983. The van der Waals surface area contributed by atoms with Crippen molar-refractivity contribution in [2.75, 3.05) is 5.32 Å². The second kappa shape index (κ2) is 8.73. The van der Waals surface area contributed by atoms with Crippen LogP contribution in [0.3, 0.4) is 0 Å². The Balaban J connectivity index is 2.12. The summed E-state index contributed by atoms with van der Waals surface area (Å²) in [6.07, 6.45) is 9.24. The molecular weight excluding hydrogens is 238 g/mol. The molecule has 0 aliphatic carbocycles. The van der Waals surface area contributed by atoms with Gasteiger partial charge in [0, 0.05) is 6.42 Å². The Hall–Kier alpha value is -1.32. The van der Waals surface area contributed by atoms with Crippen molar-refractivity contribution in [3.8, 4) is 0 Å². The van der Waals surface area contributed by atoms with E-state index in [9.17, 15) is 4.79 Å². The minimum absolute atomic E-state index is 0.0983. The summed E-state index contributed by atoms with van der Waals surface area (Å²) in [6.45, 7) is 6.04. The molecule has 0 bridgehead atoms. The first-order valence-corrected chi connectivity index (χ1v) is 7.46. The van der Waals surface area contributed by atoms with Crippen molar-refractivity contribution in [3.05, 3.63) is 11.4 Å². The molecule has 4 heteroatoms. The third-order valence-corrected chi connectivity index (χ3v) is 3.40. The molecule has 1 amide bonds. The first kappa shape index (κ1) is 15.7. The molecule has 0 spiro atoms. The fourth-order valence-corrected chi connectivity index (χ4v) is 2.18. The molecule has 0 fully saturated rings. The number of anilines is 1. The average Bonchev–Trinajstić information content (AvgIpc) is 2.69. The Kier molecular flexibility index (Phi) is 7.23. The number of carbonyl (C=O) groups is 1. The zero-order valence-corrected chi connectivity index (χ0v) is 12.5. The minimum atomic E-state index is 0.0983. The normalized spacial score (nSPS) is 10.7. The highest BCUT2D eigenvalue weighted by molar-refractivity contribution is 5.91. The van der Waals surface area contributed by atoms with Crippen molar-refractivity contribution in [2.24, 2.45) is 0 Å². The molecule has 1 heterocycles. The molecule has 0 aromatic carbocycles. The zero-order chi connectivity index (χ0) is 14.1. The molecule has 0 radical (unpaired) electrons. The Morgan fingerprint density at radius 2 is 1.74 bits per heavy atom. The number of aromatic amines is 1. The number of nitrogens with one attached hydrogen (secondary N) is 2. The lowest BCUT2D eigenvalue weighted by atomic mass is 10.1. The van der Waals surface area contributed by atoms with Gasteiger partial charge in [-0.1, -0.05) is 45.4 Å². The maximum atomic E-state index is 11.8. The fraction of sp³-hybridized carbons (Fsp3) is 0.733. The van der Waals surface area contributed by atoms with E-state index in [2.05, 4.69) is 22.4 Å². The van der Waals surface area contributed by atoms with E-state index < -0.39 is 0 Å². The van der Waals surface area contributed by atoms with Gasteiger partial charge in [-0.3, -0.25) is 9.89 Å². The van der Waals surface area contributed by atoms with Crippen LogP contribution in [0.2, 0.25) is 0 Å². The van der Waals surface area contributed by atoms with Crippen LogP contribution >= 0.6 is 0 Å². The number of aromatic nitrogens is 2. The molecule has 1 aromatic rings. The highest BCUT2D eigenvalue weighted by atomic mass is 16.1. The van der Waals surface area contributed by atoms with Crippen LogP contribution in [-0.2, 0) is 4.79 Å². The average molecular weight is 265 g/mol. The molecule has 0 aliphatic heterocycles. The molecule has 0 aliphatic rings. The summed E-state index contributed by atoms with van der Waals surface area (Å²) in [5.41, 5.74) is 2.61. The van der Waals surface area contributed by atoms with Gasteiger partial charge >= 0.3 is 0 Å². The van der Waals surface area contributed by atoms with Gasteiger partial charge in [0.25, 0.3) is 0 Å². The van der Waals surface area contributed by atoms with Gasteiger partial charge in [0.05, 0.1) is 17.1 Å². The Morgan fingerprint density at radius 1 is 1.11 bits per heavy atom. The number of aryl methyl sites for hydroxylation is 2. The molecule has 0 saturated carbocycles. The number of hydrogen-bond donors (Lipinski definition) is 2. The summed E-state index contributed by atoms with van der Waals surface area (Å²) in [7, 11) is 0. The molecule has 1 aromatic heterocycles. The van der Waals surface area contributed by atoms with Crippen LogP contribution in [0, 0.1) is 13.8 Å². The van der Waals surface area contributed by atoms with Crippen LogP contribution in [0.1, 0.15) is 69.7 Å². The summed E-state index contributed by atoms with van der Waals surface area (Å²) < 4.78 is 0. The fourth-order valence-electron chi connectivity index (χ4n) is 2.18. The van der Waals surface area contributed by atoms with Gasteiger partial charge in [-0.05, 0) is 20.3 Å². The van der Waals surface area contributed by atoms with Crippen LogP contribution in [0.5, 0.6) is 0 Å². The predicted octanol–water partition coefficient (Wildman–Crippen LogP) is 4.11. The molecular formula is C15H27N3O. The first-order valence-electron chi connectivity index (χ1n) is 7.46. The largest absolute Gasteiger partial charge is 0.323 e. The van der Waals surface area contributed by atoms with Gasteiger partial charge in [-0.25, -0.2) is 0 Å². The first-order chi connectivity index (χ1) is 9.15. The maximum absolute atomic E-state index is 11.8. The molecule has 19 heavy (non-hydrogen) atoms. The third kappa shape index (κ3) is 5.90. The molecule has 0 unspecified atom stereocenters. The number of rotatable bonds is 9. The van der Waals surface area contributed by atoms with Crippen molar-refractivity contribution in [1.29, 1.82) is 0 Å². The molecule has 4 nitrogen and oxygen atoms in total. The van der Waals surface area contributed by atoms with Crippen LogP contribution in [-0.4, -0.2) is 16.1 Å². The number of carbonyl (C=O) groups excluding carboxylic acids is 1. The van der Waals surface area contributed by atoms with Gasteiger partial charge in [-0.2, -0.15) is 5.10 Å².